The summed E-state index contributed by atoms with van der Waals surface area (Å²) in [6.45, 7) is 0. The molecule has 3 rings (SSSR count). The molecule has 0 saturated heterocycles. The van der Waals surface area contributed by atoms with Crippen LogP contribution in [0.2, 0.25) is 0 Å². The van der Waals surface area contributed by atoms with Crippen LogP contribution in [0.1, 0.15) is 12.0 Å². The van der Waals surface area contributed by atoms with Crippen LogP contribution in [0.25, 0.3) is 11.3 Å². The summed E-state index contributed by atoms with van der Waals surface area (Å²) in [6, 6.07) is 12.9. The molecule has 1 heterocycles. The summed E-state index contributed by atoms with van der Waals surface area (Å²) in [4.78, 5) is 15.2. The number of benzene rings is 2. The standard InChI is InChI=1S/C18H15BrN2O3S/c19-14-9-12(4-7-16(14)22)15-10-25-18(21-15)20-13-5-1-11(2-6-13)3-8-17(23)24/h1-2,4-7,9-10,22H,3,8H2,(H,20,21)(H,23,24). The third-order valence-electron chi connectivity index (χ3n) is 3.58. The maximum atomic E-state index is 10.6. The minimum absolute atomic E-state index is 0.130. The summed E-state index contributed by atoms with van der Waals surface area (Å²) in [7, 11) is 0. The molecular formula is C18H15BrN2O3S. The summed E-state index contributed by atoms with van der Waals surface area (Å²) in [5.74, 6) is -0.598. The molecule has 3 N–H and O–H groups in total. The van der Waals surface area contributed by atoms with Crippen molar-refractivity contribution >= 4 is 44.1 Å². The number of thiazole rings is 1. The van der Waals surface area contributed by atoms with Gasteiger partial charge in [0.05, 0.1) is 10.2 Å². The van der Waals surface area contributed by atoms with Gasteiger partial charge in [0.25, 0.3) is 0 Å². The molecule has 2 aromatic carbocycles. The number of phenolic OH excluding ortho intramolecular Hbond substituents is 1. The Labute approximate surface area is 157 Å². The zero-order valence-corrected chi connectivity index (χ0v) is 15.5. The number of aromatic hydroxyl groups is 1. The molecule has 5 nitrogen and oxygen atoms in total. The first-order valence-electron chi connectivity index (χ1n) is 7.53. The number of phenols is 1. The predicted molar refractivity (Wildman–Crippen MR) is 103 cm³/mol. The fourth-order valence-corrected chi connectivity index (χ4v) is 3.38. The molecule has 25 heavy (non-hydrogen) atoms. The highest BCUT2D eigenvalue weighted by atomic mass is 79.9. The smallest absolute Gasteiger partial charge is 0.303 e. The van der Waals surface area contributed by atoms with Gasteiger partial charge in [-0.05, 0) is 58.2 Å². The molecule has 0 radical (unpaired) electrons. The van der Waals surface area contributed by atoms with Gasteiger partial charge in [-0.15, -0.1) is 11.3 Å². The first-order valence-corrected chi connectivity index (χ1v) is 9.21. The Morgan fingerprint density at radius 1 is 1.20 bits per heavy atom. The lowest BCUT2D eigenvalue weighted by atomic mass is 10.1. The lowest BCUT2D eigenvalue weighted by Gasteiger charge is -2.04. The SMILES string of the molecule is O=C(O)CCc1ccc(Nc2nc(-c3ccc(O)c(Br)c3)cs2)cc1. The Morgan fingerprint density at radius 3 is 2.64 bits per heavy atom. The maximum Gasteiger partial charge on any atom is 0.303 e. The van der Waals surface area contributed by atoms with Gasteiger partial charge < -0.3 is 15.5 Å². The van der Waals surface area contributed by atoms with Crippen LogP contribution in [0.5, 0.6) is 5.75 Å². The number of aryl methyl sites for hydroxylation is 1. The number of aromatic nitrogens is 1. The second-order valence-electron chi connectivity index (χ2n) is 5.42. The topological polar surface area (TPSA) is 82.5 Å². The van der Waals surface area contributed by atoms with E-state index >= 15 is 0 Å². The number of halogens is 1. The highest BCUT2D eigenvalue weighted by molar-refractivity contribution is 9.10. The van der Waals surface area contributed by atoms with E-state index in [-0.39, 0.29) is 12.2 Å². The molecule has 3 aromatic rings. The van der Waals surface area contributed by atoms with E-state index in [1.807, 2.05) is 41.8 Å². The molecule has 0 aliphatic heterocycles. The van der Waals surface area contributed by atoms with E-state index in [1.165, 1.54) is 11.3 Å². The van der Waals surface area contributed by atoms with Gasteiger partial charge in [-0.1, -0.05) is 12.1 Å². The van der Waals surface area contributed by atoms with Crippen LogP contribution >= 0.6 is 27.3 Å². The third-order valence-corrected chi connectivity index (χ3v) is 4.97. The highest BCUT2D eigenvalue weighted by Crippen LogP contribution is 2.32. The van der Waals surface area contributed by atoms with E-state index in [9.17, 15) is 9.90 Å². The first kappa shape index (κ1) is 17.4. The average Bonchev–Trinajstić information content (AvgIpc) is 3.05. The van der Waals surface area contributed by atoms with Crippen molar-refractivity contribution in [3.05, 3.63) is 57.9 Å². The van der Waals surface area contributed by atoms with Gasteiger partial charge in [0, 0.05) is 23.1 Å². The molecule has 0 saturated carbocycles. The summed E-state index contributed by atoms with van der Waals surface area (Å²) in [5, 5.41) is 24.2. The molecule has 0 amide bonds. The number of carboxylic acids is 1. The Kier molecular flexibility index (Phi) is 5.35. The number of hydrogen-bond acceptors (Lipinski definition) is 5. The van der Waals surface area contributed by atoms with Crippen LogP contribution in [0.4, 0.5) is 10.8 Å². The number of nitrogens with zero attached hydrogens (tertiary/aromatic N) is 1. The lowest BCUT2D eigenvalue weighted by Crippen LogP contribution is -1.97. The third kappa shape index (κ3) is 4.58. The zero-order valence-electron chi connectivity index (χ0n) is 13.1. The molecule has 0 fully saturated rings. The van der Waals surface area contributed by atoms with E-state index < -0.39 is 5.97 Å². The Morgan fingerprint density at radius 2 is 1.96 bits per heavy atom. The van der Waals surface area contributed by atoms with Crippen molar-refractivity contribution in [2.45, 2.75) is 12.8 Å². The second-order valence-corrected chi connectivity index (χ2v) is 7.13. The molecular weight excluding hydrogens is 404 g/mol. The summed E-state index contributed by atoms with van der Waals surface area (Å²) < 4.78 is 0.629. The summed E-state index contributed by atoms with van der Waals surface area (Å²) in [5.41, 5.74) is 3.62. The van der Waals surface area contributed by atoms with Gasteiger partial charge in [-0.3, -0.25) is 4.79 Å². The van der Waals surface area contributed by atoms with Gasteiger partial charge in [-0.2, -0.15) is 0 Å². The fourth-order valence-electron chi connectivity index (χ4n) is 2.26. The van der Waals surface area contributed by atoms with Crippen molar-refractivity contribution in [2.24, 2.45) is 0 Å². The molecule has 1 aromatic heterocycles. The Bertz CT molecular complexity index is 894. The van der Waals surface area contributed by atoms with Crippen LogP contribution in [-0.2, 0) is 11.2 Å². The van der Waals surface area contributed by atoms with Gasteiger partial charge in [0.15, 0.2) is 5.13 Å². The Balaban J connectivity index is 1.68. The summed E-state index contributed by atoms with van der Waals surface area (Å²) in [6.07, 6.45) is 0.650. The number of aliphatic carboxylic acids is 1. The largest absolute Gasteiger partial charge is 0.507 e. The van der Waals surface area contributed by atoms with Crippen molar-refractivity contribution in [1.29, 1.82) is 0 Å². The van der Waals surface area contributed by atoms with Crippen molar-refractivity contribution in [2.75, 3.05) is 5.32 Å². The van der Waals surface area contributed by atoms with Crippen LogP contribution < -0.4 is 5.32 Å². The van der Waals surface area contributed by atoms with Crippen LogP contribution in [-0.4, -0.2) is 21.2 Å². The molecule has 0 aliphatic rings. The Hall–Kier alpha value is -2.38. The highest BCUT2D eigenvalue weighted by Gasteiger charge is 2.07. The van der Waals surface area contributed by atoms with Crippen LogP contribution in [0.15, 0.2) is 52.3 Å². The van der Waals surface area contributed by atoms with E-state index in [1.54, 1.807) is 6.07 Å². The number of rotatable bonds is 6. The number of hydrogen-bond donors (Lipinski definition) is 3. The van der Waals surface area contributed by atoms with Crippen LogP contribution in [0.3, 0.4) is 0 Å². The van der Waals surface area contributed by atoms with Gasteiger partial charge >= 0.3 is 5.97 Å². The summed E-state index contributed by atoms with van der Waals surface area (Å²) >= 11 is 4.80. The van der Waals surface area contributed by atoms with Crippen molar-refractivity contribution in [1.82, 2.24) is 4.98 Å². The van der Waals surface area contributed by atoms with Crippen molar-refractivity contribution < 1.29 is 15.0 Å². The van der Waals surface area contributed by atoms with Gasteiger partial charge in [0.2, 0.25) is 0 Å². The second kappa shape index (κ2) is 7.67. The number of anilines is 2. The molecule has 0 spiro atoms. The zero-order chi connectivity index (χ0) is 17.8. The van der Waals surface area contributed by atoms with E-state index in [4.69, 9.17) is 5.11 Å². The fraction of sp³-hybridized carbons (Fsp3) is 0.111. The molecule has 0 unspecified atom stereocenters. The number of nitrogens with one attached hydrogen (secondary N) is 1. The minimum Gasteiger partial charge on any atom is -0.507 e. The minimum atomic E-state index is -0.793. The predicted octanol–water partition coefficient (Wildman–Crippen LogP) is 5.04. The van der Waals surface area contributed by atoms with Crippen molar-refractivity contribution in [3.8, 4) is 17.0 Å². The molecule has 7 heteroatoms. The number of carboxylic acid groups (broad SMARTS) is 1. The first-order chi connectivity index (χ1) is 12.0. The van der Waals surface area contributed by atoms with E-state index in [0.29, 0.717) is 10.9 Å². The van der Waals surface area contributed by atoms with Crippen LogP contribution in [0, 0.1) is 0 Å². The molecule has 128 valence electrons. The monoisotopic (exact) mass is 418 g/mol. The van der Waals surface area contributed by atoms with E-state index in [0.717, 1.165) is 27.6 Å². The van der Waals surface area contributed by atoms with Crippen molar-refractivity contribution in [3.63, 3.8) is 0 Å². The van der Waals surface area contributed by atoms with E-state index in [2.05, 4.69) is 26.2 Å². The van der Waals surface area contributed by atoms with Gasteiger partial charge in [-0.25, -0.2) is 4.98 Å². The normalized spacial score (nSPS) is 10.6. The molecule has 0 bridgehead atoms. The maximum absolute atomic E-state index is 10.6. The van der Waals surface area contributed by atoms with Gasteiger partial charge in [0.1, 0.15) is 5.75 Å². The lowest BCUT2D eigenvalue weighted by molar-refractivity contribution is -0.136. The average molecular weight is 419 g/mol. The quantitative estimate of drug-likeness (QED) is 0.522. The number of carbonyl (C=O) groups is 1. The molecule has 0 aliphatic carbocycles. The molecule has 0 atom stereocenters.